The maximum atomic E-state index is 13.1. The Morgan fingerprint density at radius 1 is 1.15 bits per heavy atom. The van der Waals surface area contributed by atoms with Crippen LogP contribution in [0.4, 0.5) is 17.6 Å². The zero-order valence-electron chi connectivity index (χ0n) is 13.5. The molecule has 10 heteroatoms. The summed E-state index contributed by atoms with van der Waals surface area (Å²) in [7, 11) is 0. The number of aromatic amines is 1. The highest BCUT2D eigenvalue weighted by Gasteiger charge is 2.34. The number of hydrogen-bond donors (Lipinski definition) is 2. The molecule has 140 valence electrons. The van der Waals surface area contributed by atoms with Crippen molar-refractivity contribution in [1.29, 1.82) is 0 Å². The van der Waals surface area contributed by atoms with Crippen LogP contribution in [0.1, 0.15) is 21.7 Å². The van der Waals surface area contributed by atoms with E-state index in [-0.39, 0.29) is 17.1 Å². The van der Waals surface area contributed by atoms with Crippen molar-refractivity contribution in [3.05, 3.63) is 76.1 Å². The van der Waals surface area contributed by atoms with Crippen molar-refractivity contribution < 1.29 is 22.4 Å². The molecule has 1 aromatic heterocycles. The first-order chi connectivity index (χ1) is 12.8. The number of amides is 1. The predicted molar refractivity (Wildman–Crippen MR) is 91.3 cm³/mol. The highest BCUT2D eigenvalue weighted by atomic mass is 32.1. The maximum absolute atomic E-state index is 13.1. The summed E-state index contributed by atoms with van der Waals surface area (Å²) in [6.45, 7) is -0.185. The van der Waals surface area contributed by atoms with Crippen molar-refractivity contribution in [1.82, 2.24) is 20.1 Å². The molecule has 0 atom stereocenters. The van der Waals surface area contributed by atoms with Crippen LogP contribution in [0.5, 0.6) is 0 Å². The number of carbonyl (C=O) groups excluding carboxylic acids is 1. The Morgan fingerprint density at radius 3 is 2.48 bits per heavy atom. The van der Waals surface area contributed by atoms with Gasteiger partial charge in [-0.1, -0.05) is 12.1 Å². The minimum Gasteiger partial charge on any atom is -0.345 e. The largest absolute Gasteiger partial charge is 0.417 e. The molecule has 0 aliphatic heterocycles. The van der Waals surface area contributed by atoms with Crippen LogP contribution in [0.2, 0.25) is 0 Å². The molecule has 0 fully saturated rings. The Bertz CT molecular complexity index is 1020. The van der Waals surface area contributed by atoms with Crippen LogP contribution in [-0.2, 0) is 12.7 Å². The van der Waals surface area contributed by atoms with E-state index in [4.69, 9.17) is 12.2 Å². The molecule has 1 amide bonds. The molecular formula is C17H12F4N4OS. The quantitative estimate of drug-likeness (QED) is 0.517. The number of alkyl halides is 3. The fourth-order valence-electron chi connectivity index (χ4n) is 2.49. The van der Waals surface area contributed by atoms with Crippen LogP contribution < -0.4 is 5.32 Å². The summed E-state index contributed by atoms with van der Waals surface area (Å²) in [6, 6.07) is 9.87. The van der Waals surface area contributed by atoms with E-state index in [1.807, 2.05) is 0 Å². The Balaban J connectivity index is 1.84. The molecule has 1 heterocycles. The number of H-pyrrole nitrogens is 1. The molecule has 3 rings (SSSR count). The third kappa shape index (κ3) is 4.05. The normalized spacial score (nSPS) is 11.4. The van der Waals surface area contributed by atoms with E-state index < -0.39 is 29.0 Å². The molecule has 5 nitrogen and oxygen atoms in total. The molecule has 0 saturated carbocycles. The van der Waals surface area contributed by atoms with Gasteiger partial charge in [0.1, 0.15) is 5.82 Å². The summed E-state index contributed by atoms with van der Waals surface area (Å²) in [5.41, 5.74) is -1.03. The van der Waals surface area contributed by atoms with Crippen LogP contribution in [0, 0.1) is 10.6 Å². The number of halogens is 4. The van der Waals surface area contributed by atoms with Gasteiger partial charge < -0.3 is 5.32 Å². The zero-order chi connectivity index (χ0) is 19.6. The Hall–Kier alpha value is -3.01. The third-order valence-electron chi connectivity index (χ3n) is 3.71. The summed E-state index contributed by atoms with van der Waals surface area (Å²) in [5, 5.41) is 8.91. The molecule has 0 radical (unpaired) electrons. The molecule has 0 aliphatic rings. The molecule has 0 bridgehead atoms. The van der Waals surface area contributed by atoms with E-state index in [2.05, 4.69) is 15.5 Å². The molecule has 27 heavy (non-hydrogen) atoms. The van der Waals surface area contributed by atoms with Crippen molar-refractivity contribution in [2.75, 3.05) is 0 Å². The summed E-state index contributed by atoms with van der Waals surface area (Å²) in [4.78, 5) is 12.3. The van der Waals surface area contributed by atoms with Gasteiger partial charge >= 0.3 is 6.18 Å². The number of aromatic nitrogens is 3. The molecule has 0 unspecified atom stereocenters. The highest BCUT2D eigenvalue weighted by molar-refractivity contribution is 7.71. The van der Waals surface area contributed by atoms with Gasteiger partial charge in [0.25, 0.3) is 5.91 Å². The number of hydrogen-bond acceptors (Lipinski definition) is 3. The van der Waals surface area contributed by atoms with Gasteiger partial charge in [0.05, 0.1) is 17.7 Å². The fraction of sp³-hybridized carbons (Fsp3) is 0.118. The number of benzene rings is 2. The van der Waals surface area contributed by atoms with Gasteiger partial charge in [0.15, 0.2) is 10.6 Å². The molecule has 0 spiro atoms. The molecule has 0 saturated heterocycles. The topological polar surface area (TPSA) is 62.7 Å². The smallest absolute Gasteiger partial charge is 0.345 e. The average Bonchev–Trinajstić information content (AvgIpc) is 3.00. The lowest BCUT2D eigenvalue weighted by Crippen LogP contribution is -2.27. The van der Waals surface area contributed by atoms with Gasteiger partial charge in [0, 0.05) is 5.69 Å². The summed E-state index contributed by atoms with van der Waals surface area (Å²) < 4.78 is 53.9. The van der Waals surface area contributed by atoms with Crippen LogP contribution in [-0.4, -0.2) is 20.7 Å². The van der Waals surface area contributed by atoms with Crippen molar-refractivity contribution in [2.24, 2.45) is 0 Å². The number of nitrogens with zero attached hydrogens (tertiary/aromatic N) is 2. The Labute approximate surface area is 155 Å². The van der Waals surface area contributed by atoms with Crippen molar-refractivity contribution in [3.8, 4) is 5.69 Å². The van der Waals surface area contributed by atoms with Crippen LogP contribution in [0.25, 0.3) is 5.69 Å². The summed E-state index contributed by atoms with van der Waals surface area (Å²) in [5.74, 6) is -1.08. The third-order valence-corrected chi connectivity index (χ3v) is 3.98. The molecule has 2 N–H and O–H groups in total. The molecule has 3 aromatic rings. The average molecular weight is 396 g/mol. The molecule has 0 aliphatic carbocycles. The fourth-order valence-corrected chi connectivity index (χ4v) is 2.74. The summed E-state index contributed by atoms with van der Waals surface area (Å²) >= 11 is 5.12. The predicted octanol–water partition coefficient (Wildman–Crippen LogP) is 4.02. The van der Waals surface area contributed by atoms with Crippen molar-refractivity contribution in [3.63, 3.8) is 0 Å². The first kappa shape index (κ1) is 18.8. The second-order valence-corrected chi connectivity index (χ2v) is 5.87. The van der Waals surface area contributed by atoms with Crippen molar-refractivity contribution >= 4 is 18.1 Å². The lowest BCUT2D eigenvalue weighted by Gasteiger charge is -2.13. The zero-order valence-corrected chi connectivity index (χ0v) is 14.4. The van der Waals surface area contributed by atoms with E-state index in [1.54, 1.807) is 0 Å². The van der Waals surface area contributed by atoms with E-state index in [1.165, 1.54) is 41.0 Å². The minimum atomic E-state index is -4.65. The second kappa shape index (κ2) is 7.31. The second-order valence-electron chi connectivity index (χ2n) is 5.48. The van der Waals surface area contributed by atoms with Gasteiger partial charge in [-0.2, -0.15) is 18.3 Å². The standard InChI is InChI=1S/C17H12F4N4OS/c18-10-5-7-11(8-6-10)25-14(23-24-16(25)27)9-22-15(26)12-3-1-2-4-13(12)17(19,20)21/h1-8H,9H2,(H,22,26)(H,24,27). The summed E-state index contributed by atoms with van der Waals surface area (Å²) in [6.07, 6.45) is -4.65. The lowest BCUT2D eigenvalue weighted by molar-refractivity contribution is -0.137. The van der Waals surface area contributed by atoms with Gasteiger partial charge in [-0.15, -0.1) is 0 Å². The monoisotopic (exact) mass is 396 g/mol. The van der Waals surface area contributed by atoms with E-state index in [0.717, 1.165) is 12.1 Å². The number of rotatable bonds is 4. The molecular weight excluding hydrogens is 384 g/mol. The molecule has 2 aromatic carbocycles. The van der Waals surface area contributed by atoms with E-state index in [9.17, 15) is 22.4 Å². The Morgan fingerprint density at radius 2 is 1.81 bits per heavy atom. The van der Waals surface area contributed by atoms with Crippen LogP contribution in [0.3, 0.4) is 0 Å². The van der Waals surface area contributed by atoms with Crippen LogP contribution >= 0.6 is 12.2 Å². The van der Waals surface area contributed by atoms with Gasteiger partial charge in [0.2, 0.25) is 0 Å². The van der Waals surface area contributed by atoms with Crippen molar-refractivity contribution in [2.45, 2.75) is 12.7 Å². The number of nitrogens with one attached hydrogen (secondary N) is 2. The van der Waals surface area contributed by atoms with E-state index >= 15 is 0 Å². The SMILES string of the molecule is O=C(NCc1n[nH]c(=S)n1-c1ccc(F)cc1)c1ccccc1C(F)(F)F. The first-order valence-corrected chi connectivity index (χ1v) is 8.05. The van der Waals surface area contributed by atoms with Gasteiger partial charge in [-0.3, -0.25) is 14.5 Å². The van der Waals surface area contributed by atoms with E-state index in [0.29, 0.717) is 5.69 Å². The van der Waals surface area contributed by atoms with Gasteiger partial charge in [-0.05, 0) is 48.6 Å². The Kier molecular flexibility index (Phi) is 5.08. The minimum absolute atomic E-state index is 0.185. The lowest BCUT2D eigenvalue weighted by atomic mass is 10.1. The van der Waals surface area contributed by atoms with Crippen LogP contribution in [0.15, 0.2) is 48.5 Å². The first-order valence-electron chi connectivity index (χ1n) is 7.64. The maximum Gasteiger partial charge on any atom is 0.417 e. The number of carbonyl (C=O) groups is 1. The highest BCUT2D eigenvalue weighted by Crippen LogP contribution is 2.31. The van der Waals surface area contributed by atoms with Gasteiger partial charge in [-0.25, -0.2) is 4.39 Å².